The van der Waals surface area contributed by atoms with Gasteiger partial charge in [0.2, 0.25) is 0 Å². The molecule has 0 amide bonds. The Morgan fingerprint density at radius 2 is 1.85 bits per heavy atom. The van der Waals surface area contributed by atoms with Gasteiger partial charge in [-0.05, 0) is 6.42 Å². The van der Waals surface area contributed by atoms with Crippen LogP contribution in [0.3, 0.4) is 0 Å². The minimum Gasteiger partial charge on any atom is -0.748 e. The van der Waals surface area contributed by atoms with Gasteiger partial charge in [-0.2, -0.15) is 0 Å². The lowest BCUT2D eigenvalue weighted by molar-refractivity contribution is -0.137. The largest absolute Gasteiger partial charge is 0.748 e. The summed E-state index contributed by atoms with van der Waals surface area (Å²) in [7, 11) is -4.44. The van der Waals surface area contributed by atoms with Crippen LogP contribution in [0.5, 0.6) is 0 Å². The maximum Gasteiger partial charge on any atom is 0.304 e. The van der Waals surface area contributed by atoms with E-state index in [2.05, 4.69) is 0 Å². The third-order valence-corrected chi connectivity index (χ3v) is 2.58. The Labute approximate surface area is 78.5 Å². The van der Waals surface area contributed by atoms with Crippen LogP contribution in [-0.4, -0.2) is 29.3 Å². The Balaban J connectivity index is 0. The first-order valence-electron chi connectivity index (χ1n) is 4.04. The fraction of sp³-hybridized carbons (Fsp3) is 0.857. The van der Waals surface area contributed by atoms with Crippen LogP contribution in [0.1, 0.15) is 33.6 Å². The van der Waals surface area contributed by atoms with Gasteiger partial charge in [-0.15, -0.1) is 0 Å². The molecule has 0 bridgehead atoms. The van der Waals surface area contributed by atoms with Crippen molar-refractivity contribution in [1.82, 2.24) is 0 Å². The van der Waals surface area contributed by atoms with E-state index in [1.165, 1.54) is 6.92 Å². The van der Waals surface area contributed by atoms with Crippen LogP contribution in [0.15, 0.2) is 0 Å². The van der Waals surface area contributed by atoms with Crippen LogP contribution >= 0.6 is 0 Å². The number of aliphatic carboxylic acids is 1. The van der Waals surface area contributed by atoms with Crippen LogP contribution in [-0.2, 0) is 14.9 Å². The average molecular weight is 211 g/mol. The third kappa shape index (κ3) is 7.73. The molecule has 80 valence electrons. The predicted molar refractivity (Wildman–Crippen MR) is 47.4 cm³/mol. The number of hydrogen-bond acceptors (Lipinski definition) is 4. The lowest BCUT2D eigenvalue weighted by Gasteiger charge is -2.16. The molecule has 0 saturated heterocycles. The molecule has 0 aromatic heterocycles. The number of carboxylic acid groups (broad SMARTS) is 1. The predicted octanol–water partition coefficient (Wildman–Crippen LogP) is 0.811. The number of rotatable bonds is 4. The molecular weight excluding hydrogens is 196 g/mol. The standard InChI is InChI=1S/C5H10O5S.C2H6/c1-2-4(3-5(6)7)11(8,9)10;1-2/h4H,2-3H2,1H3,(H,6,7)(H,8,9,10);1-2H3/p-1. The smallest absolute Gasteiger partial charge is 0.304 e. The summed E-state index contributed by atoms with van der Waals surface area (Å²) in [5.74, 6) is -1.27. The first-order valence-corrected chi connectivity index (χ1v) is 5.51. The van der Waals surface area contributed by atoms with E-state index in [9.17, 15) is 17.8 Å². The van der Waals surface area contributed by atoms with Crippen LogP contribution in [0.25, 0.3) is 0 Å². The normalized spacial score (nSPS) is 12.6. The van der Waals surface area contributed by atoms with Crippen molar-refractivity contribution >= 4 is 16.1 Å². The molecule has 0 aliphatic carbocycles. The van der Waals surface area contributed by atoms with E-state index < -0.39 is 27.8 Å². The lowest BCUT2D eigenvalue weighted by atomic mass is 10.2. The zero-order valence-corrected chi connectivity index (χ0v) is 8.80. The zero-order chi connectivity index (χ0) is 11.1. The average Bonchev–Trinajstić information content (AvgIpc) is 2.01. The van der Waals surface area contributed by atoms with E-state index in [4.69, 9.17) is 5.11 Å². The number of carbonyl (C=O) groups is 1. The topological polar surface area (TPSA) is 94.5 Å². The summed E-state index contributed by atoms with van der Waals surface area (Å²) < 4.78 is 30.8. The number of hydrogen-bond donors (Lipinski definition) is 1. The Morgan fingerprint density at radius 1 is 1.46 bits per heavy atom. The second-order valence-electron chi connectivity index (χ2n) is 2.12. The molecule has 0 saturated carbocycles. The van der Waals surface area contributed by atoms with Crippen molar-refractivity contribution in [2.45, 2.75) is 38.9 Å². The summed E-state index contributed by atoms with van der Waals surface area (Å²) in [6.07, 6.45) is -0.569. The Morgan fingerprint density at radius 3 is 1.92 bits per heavy atom. The monoisotopic (exact) mass is 211 g/mol. The molecule has 5 nitrogen and oxygen atoms in total. The fourth-order valence-electron chi connectivity index (χ4n) is 0.645. The molecule has 0 aromatic carbocycles. The van der Waals surface area contributed by atoms with E-state index in [-0.39, 0.29) is 6.42 Å². The SMILES string of the molecule is CC.CCC(CC(=O)O)S(=O)(=O)[O-]. The molecule has 0 fully saturated rings. The van der Waals surface area contributed by atoms with Crippen molar-refractivity contribution in [2.24, 2.45) is 0 Å². The highest BCUT2D eigenvalue weighted by Gasteiger charge is 2.17. The molecule has 0 aliphatic rings. The molecule has 1 unspecified atom stereocenters. The maximum atomic E-state index is 10.3. The molecule has 1 atom stereocenters. The van der Waals surface area contributed by atoms with Crippen LogP contribution < -0.4 is 0 Å². The van der Waals surface area contributed by atoms with Gasteiger partial charge in [0.05, 0.1) is 21.8 Å². The Hall–Kier alpha value is -0.620. The zero-order valence-electron chi connectivity index (χ0n) is 7.98. The van der Waals surface area contributed by atoms with E-state index in [0.717, 1.165) is 0 Å². The first kappa shape index (κ1) is 14.9. The maximum absolute atomic E-state index is 10.3. The molecule has 13 heavy (non-hydrogen) atoms. The number of carboxylic acids is 1. The second kappa shape index (κ2) is 6.85. The van der Waals surface area contributed by atoms with E-state index in [1.807, 2.05) is 13.8 Å². The summed E-state index contributed by atoms with van der Waals surface area (Å²) in [6, 6.07) is 0. The highest BCUT2D eigenvalue weighted by Crippen LogP contribution is 2.07. The highest BCUT2D eigenvalue weighted by molar-refractivity contribution is 7.86. The molecule has 0 aromatic rings. The third-order valence-electron chi connectivity index (χ3n) is 1.27. The van der Waals surface area contributed by atoms with Crippen molar-refractivity contribution in [2.75, 3.05) is 0 Å². The lowest BCUT2D eigenvalue weighted by Crippen LogP contribution is -2.23. The van der Waals surface area contributed by atoms with Gasteiger partial charge in [-0.3, -0.25) is 4.79 Å². The van der Waals surface area contributed by atoms with Gasteiger partial charge in [0.25, 0.3) is 0 Å². The Kier molecular flexibility index (Phi) is 7.84. The van der Waals surface area contributed by atoms with Crippen molar-refractivity contribution in [1.29, 1.82) is 0 Å². The van der Waals surface area contributed by atoms with Gasteiger partial charge >= 0.3 is 5.97 Å². The minimum absolute atomic E-state index is 0.0398. The molecule has 0 spiro atoms. The molecule has 0 aliphatic heterocycles. The van der Waals surface area contributed by atoms with Crippen molar-refractivity contribution in [3.63, 3.8) is 0 Å². The van der Waals surface area contributed by atoms with Crippen molar-refractivity contribution < 1.29 is 22.9 Å². The van der Waals surface area contributed by atoms with Gasteiger partial charge in [0.15, 0.2) is 0 Å². The summed E-state index contributed by atoms with van der Waals surface area (Å²) in [5.41, 5.74) is 0. The Bertz CT molecular complexity index is 231. The summed E-state index contributed by atoms with van der Waals surface area (Å²) in [4.78, 5) is 10.0. The minimum atomic E-state index is -4.44. The fourth-order valence-corrected chi connectivity index (χ4v) is 1.40. The van der Waals surface area contributed by atoms with E-state index >= 15 is 0 Å². The van der Waals surface area contributed by atoms with Gasteiger partial charge < -0.3 is 9.66 Å². The van der Waals surface area contributed by atoms with Gasteiger partial charge in [-0.1, -0.05) is 20.8 Å². The molecule has 1 N–H and O–H groups in total. The van der Waals surface area contributed by atoms with E-state index in [0.29, 0.717) is 0 Å². The molecular formula is C7H15O5S-. The second-order valence-corrected chi connectivity index (χ2v) is 3.77. The summed E-state index contributed by atoms with van der Waals surface area (Å²) >= 11 is 0. The van der Waals surface area contributed by atoms with Crippen LogP contribution in [0, 0.1) is 0 Å². The van der Waals surface area contributed by atoms with Crippen LogP contribution in [0.2, 0.25) is 0 Å². The van der Waals surface area contributed by atoms with E-state index in [1.54, 1.807) is 0 Å². The van der Waals surface area contributed by atoms with Crippen molar-refractivity contribution in [3.05, 3.63) is 0 Å². The molecule has 0 heterocycles. The van der Waals surface area contributed by atoms with Gasteiger partial charge in [-0.25, -0.2) is 8.42 Å². The molecule has 0 rings (SSSR count). The van der Waals surface area contributed by atoms with Gasteiger partial charge in [0, 0.05) is 0 Å². The summed E-state index contributed by atoms with van der Waals surface area (Å²) in [6.45, 7) is 5.46. The summed E-state index contributed by atoms with van der Waals surface area (Å²) in [5, 5.41) is 6.88. The molecule has 0 radical (unpaired) electrons. The van der Waals surface area contributed by atoms with Crippen molar-refractivity contribution in [3.8, 4) is 0 Å². The highest BCUT2D eigenvalue weighted by atomic mass is 32.2. The molecule has 6 heteroatoms. The van der Waals surface area contributed by atoms with Gasteiger partial charge in [0.1, 0.15) is 0 Å². The first-order chi connectivity index (χ1) is 5.88. The van der Waals surface area contributed by atoms with Crippen LogP contribution in [0.4, 0.5) is 0 Å². The quantitative estimate of drug-likeness (QED) is 0.694.